The van der Waals surface area contributed by atoms with E-state index >= 15 is 0 Å². The standard InChI is InChI=1S/C23H26FN5O4/c1-29-20(11-19(28-29)18-10-17(31-2)8-9-21(18)32-3)22(30)27-15-4-6-16(7-5-15)33-23-25-12-14(24)13-26-23/h8-13,15-16H,4-7H2,1-3H3,(H,27,30). The second-order valence-electron chi connectivity index (χ2n) is 7.85. The third kappa shape index (κ3) is 5.21. The SMILES string of the molecule is COc1ccc(OC)c(-c2cc(C(=O)NC3CCC(Oc4ncc(F)cn4)CC3)n(C)n2)c1. The average Bonchev–Trinajstić information content (AvgIpc) is 3.23. The summed E-state index contributed by atoms with van der Waals surface area (Å²) in [6.07, 6.45) is 5.09. The maximum absolute atomic E-state index is 12.9. The minimum atomic E-state index is -0.503. The van der Waals surface area contributed by atoms with E-state index in [1.54, 1.807) is 44.1 Å². The first kappa shape index (κ1) is 22.5. The van der Waals surface area contributed by atoms with Gasteiger partial charge in [0, 0.05) is 18.7 Å². The molecule has 4 rings (SSSR count). The molecule has 1 saturated carbocycles. The predicted octanol–water partition coefficient (Wildman–Crippen LogP) is 3.15. The van der Waals surface area contributed by atoms with Crippen molar-refractivity contribution in [3.05, 3.63) is 48.2 Å². The number of methoxy groups -OCH3 is 2. The molecule has 1 fully saturated rings. The van der Waals surface area contributed by atoms with Crippen LogP contribution in [-0.2, 0) is 7.05 Å². The highest BCUT2D eigenvalue weighted by molar-refractivity contribution is 5.94. The Morgan fingerprint density at radius 3 is 2.48 bits per heavy atom. The Hall–Kier alpha value is -3.69. The van der Waals surface area contributed by atoms with Crippen molar-refractivity contribution in [1.29, 1.82) is 0 Å². The highest BCUT2D eigenvalue weighted by Crippen LogP contribution is 2.33. The van der Waals surface area contributed by atoms with E-state index < -0.39 is 5.82 Å². The second-order valence-corrected chi connectivity index (χ2v) is 7.85. The Morgan fingerprint density at radius 2 is 1.82 bits per heavy atom. The lowest BCUT2D eigenvalue weighted by atomic mass is 9.93. The molecule has 9 nitrogen and oxygen atoms in total. The van der Waals surface area contributed by atoms with Crippen LogP contribution in [0.25, 0.3) is 11.3 Å². The molecular formula is C23H26FN5O4. The van der Waals surface area contributed by atoms with Crippen LogP contribution >= 0.6 is 0 Å². The highest BCUT2D eigenvalue weighted by atomic mass is 19.1. The van der Waals surface area contributed by atoms with Crippen LogP contribution in [-0.4, -0.2) is 52.0 Å². The number of aryl methyl sites for hydroxylation is 1. The lowest BCUT2D eigenvalue weighted by molar-refractivity contribution is 0.0876. The maximum Gasteiger partial charge on any atom is 0.316 e. The van der Waals surface area contributed by atoms with E-state index in [1.807, 2.05) is 6.07 Å². The molecule has 0 spiro atoms. The molecule has 0 unspecified atom stereocenters. The molecule has 1 aliphatic carbocycles. The number of nitrogens with one attached hydrogen (secondary N) is 1. The molecule has 2 heterocycles. The number of halogens is 1. The van der Waals surface area contributed by atoms with Crippen LogP contribution in [0.1, 0.15) is 36.2 Å². The number of rotatable bonds is 7. The van der Waals surface area contributed by atoms with Gasteiger partial charge < -0.3 is 19.5 Å². The van der Waals surface area contributed by atoms with E-state index in [4.69, 9.17) is 14.2 Å². The first-order chi connectivity index (χ1) is 16.0. The molecule has 1 aliphatic rings. The monoisotopic (exact) mass is 455 g/mol. The first-order valence-electron chi connectivity index (χ1n) is 10.7. The molecule has 33 heavy (non-hydrogen) atoms. The Kier molecular flexibility index (Phi) is 6.71. The smallest absolute Gasteiger partial charge is 0.316 e. The summed E-state index contributed by atoms with van der Waals surface area (Å²) < 4.78 is 31.0. The number of hydrogen-bond acceptors (Lipinski definition) is 7. The molecule has 2 aromatic heterocycles. The summed E-state index contributed by atoms with van der Waals surface area (Å²) in [4.78, 5) is 20.6. The van der Waals surface area contributed by atoms with Crippen LogP contribution in [0.15, 0.2) is 36.7 Å². The van der Waals surface area contributed by atoms with Gasteiger partial charge in [0.25, 0.3) is 5.91 Å². The van der Waals surface area contributed by atoms with Crippen molar-refractivity contribution in [3.8, 4) is 28.8 Å². The van der Waals surface area contributed by atoms with Gasteiger partial charge in [0.1, 0.15) is 23.3 Å². The van der Waals surface area contributed by atoms with Crippen LogP contribution < -0.4 is 19.5 Å². The summed E-state index contributed by atoms with van der Waals surface area (Å²) in [5.41, 5.74) is 1.81. The molecule has 0 radical (unpaired) electrons. The molecule has 0 bridgehead atoms. The number of benzene rings is 1. The number of amides is 1. The zero-order chi connectivity index (χ0) is 23.4. The van der Waals surface area contributed by atoms with E-state index in [-0.39, 0.29) is 24.1 Å². The van der Waals surface area contributed by atoms with Gasteiger partial charge >= 0.3 is 6.01 Å². The second kappa shape index (κ2) is 9.85. The van der Waals surface area contributed by atoms with Crippen LogP contribution in [0.2, 0.25) is 0 Å². The molecule has 0 aliphatic heterocycles. The summed E-state index contributed by atoms with van der Waals surface area (Å²) in [7, 11) is 4.91. The zero-order valence-electron chi connectivity index (χ0n) is 18.7. The highest BCUT2D eigenvalue weighted by Gasteiger charge is 2.26. The van der Waals surface area contributed by atoms with Crippen molar-refractivity contribution in [2.45, 2.75) is 37.8 Å². The van der Waals surface area contributed by atoms with Crippen molar-refractivity contribution in [3.63, 3.8) is 0 Å². The van der Waals surface area contributed by atoms with Crippen LogP contribution in [0.5, 0.6) is 17.5 Å². The Balaban J connectivity index is 1.38. The van der Waals surface area contributed by atoms with E-state index in [0.29, 0.717) is 22.9 Å². The topological polar surface area (TPSA) is 100 Å². The lowest BCUT2D eigenvalue weighted by Crippen LogP contribution is -2.40. The number of carbonyl (C=O) groups is 1. The van der Waals surface area contributed by atoms with Crippen molar-refractivity contribution < 1.29 is 23.4 Å². The summed E-state index contributed by atoms with van der Waals surface area (Å²) in [6, 6.07) is 7.37. The fourth-order valence-electron chi connectivity index (χ4n) is 3.92. The van der Waals surface area contributed by atoms with Gasteiger partial charge in [0.05, 0.1) is 32.3 Å². The van der Waals surface area contributed by atoms with E-state index in [1.165, 1.54) is 0 Å². The summed E-state index contributed by atoms with van der Waals surface area (Å²) in [5.74, 6) is 0.623. The molecule has 1 N–H and O–H groups in total. The average molecular weight is 455 g/mol. The van der Waals surface area contributed by atoms with Crippen molar-refractivity contribution in [2.75, 3.05) is 14.2 Å². The van der Waals surface area contributed by atoms with E-state index in [2.05, 4.69) is 20.4 Å². The summed E-state index contributed by atoms with van der Waals surface area (Å²) in [5, 5.41) is 7.60. The molecule has 1 amide bonds. The molecule has 0 atom stereocenters. The minimum Gasteiger partial charge on any atom is -0.497 e. The quantitative estimate of drug-likeness (QED) is 0.584. The van der Waals surface area contributed by atoms with Gasteiger partial charge in [-0.3, -0.25) is 9.48 Å². The van der Waals surface area contributed by atoms with Crippen molar-refractivity contribution >= 4 is 5.91 Å². The van der Waals surface area contributed by atoms with Gasteiger partial charge in [0.2, 0.25) is 0 Å². The van der Waals surface area contributed by atoms with E-state index in [0.717, 1.165) is 43.6 Å². The molecule has 0 saturated heterocycles. The Labute approximate surface area is 190 Å². The molecule has 174 valence electrons. The van der Waals surface area contributed by atoms with Crippen molar-refractivity contribution in [1.82, 2.24) is 25.1 Å². The van der Waals surface area contributed by atoms with Gasteiger partial charge in [-0.25, -0.2) is 14.4 Å². The molecule has 3 aromatic rings. The fraction of sp³-hybridized carbons (Fsp3) is 0.391. The zero-order valence-corrected chi connectivity index (χ0v) is 18.7. The van der Waals surface area contributed by atoms with Crippen molar-refractivity contribution in [2.24, 2.45) is 7.05 Å². The first-order valence-corrected chi connectivity index (χ1v) is 10.7. The third-order valence-corrected chi connectivity index (χ3v) is 5.67. The van der Waals surface area contributed by atoms with Gasteiger partial charge in [-0.1, -0.05) is 0 Å². The molecule has 10 heteroatoms. The summed E-state index contributed by atoms with van der Waals surface area (Å²) in [6.45, 7) is 0. The maximum atomic E-state index is 12.9. The number of nitrogens with zero attached hydrogens (tertiary/aromatic N) is 4. The fourth-order valence-corrected chi connectivity index (χ4v) is 3.92. The third-order valence-electron chi connectivity index (χ3n) is 5.67. The minimum absolute atomic E-state index is 0.0243. The normalized spacial score (nSPS) is 17.9. The van der Waals surface area contributed by atoms with Gasteiger partial charge in [-0.15, -0.1) is 0 Å². The van der Waals surface area contributed by atoms with Crippen LogP contribution in [0.4, 0.5) is 4.39 Å². The van der Waals surface area contributed by atoms with Gasteiger partial charge in [-0.05, 0) is 49.9 Å². The number of aromatic nitrogens is 4. The lowest BCUT2D eigenvalue weighted by Gasteiger charge is -2.28. The predicted molar refractivity (Wildman–Crippen MR) is 118 cm³/mol. The molecule has 1 aromatic carbocycles. The largest absolute Gasteiger partial charge is 0.497 e. The van der Waals surface area contributed by atoms with Crippen LogP contribution in [0.3, 0.4) is 0 Å². The number of carbonyl (C=O) groups excluding carboxylic acids is 1. The van der Waals surface area contributed by atoms with Crippen LogP contribution in [0, 0.1) is 5.82 Å². The number of hydrogen-bond donors (Lipinski definition) is 1. The van der Waals surface area contributed by atoms with E-state index in [9.17, 15) is 9.18 Å². The van der Waals surface area contributed by atoms with Gasteiger partial charge in [0.15, 0.2) is 5.82 Å². The Morgan fingerprint density at radius 1 is 1.09 bits per heavy atom. The van der Waals surface area contributed by atoms with Gasteiger partial charge in [-0.2, -0.15) is 5.10 Å². The summed E-state index contributed by atoms with van der Waals surface area (Å²) >= 11 is 0. The number of ether oxygens (including phenoxy) is 3. The Bertz CT molecular complexity index is 1110. The molecular weight excluding hydrogens is 429 g/mol.